The maximum Gasteiger partial charge on any atom is 0.253 e. The van der Waals surface area contributed by atoms with Crippen LogP contribution >= 0.6 is 0 Å². The largest absolute Gasteiger partial charge is 0.396 e. The Morgan fingerprint density at radius 2 is 1.84 bits per heavy atom. The van der Waals surface area contributed by atoms with E-state index in [0.29, 0.717) is 30.1 Å². The van der Waals surface area contributed by atoms with Crippen LogP contribution in [0.2, 0.25) is 0 Å². The van der Waals surface area contributed by atoms with Crippen LogP contribution in [0.4, 0.5) is 5.69 Å². The van der Waals surface area contributed by atoms with Gasteiger partial charge in [0.2, 0.25) is 0 Å². The summed E-state index contributed by atoms with van der Waals surface area (Å²) in [5.74, 6) is 0.0412. The lowest BCUT2D eigenvalue weighted by atomic mass is 9.97. The first-order valence-electron chi connectivity index (χ1n) is 11.0. The Balaban J connectivity index is 1.50. The van der Waals surface area contributed by atoms with E-state index in [1.807, 2.05) is 60.4 Å². The van der Waals surface area contributed by atoms with E-state index in [4.69, 9.17) is 0 Å². The fourth-order valence-electron chi connectivity index (χ4n) is 4.04. The molecule has 2 aliphatic heterocycles. The zero-order valence-corrected chi connectivity index (χ0v) is 18.1. The number of anilines is 1. The van der Waals surface area contributed by atoms with Crippen molar-refractivity contribution in [3.05, 3.63) is 65.7 Å². The number of carbonyl (C=O) groups is 2. The molecule has 2 unspecified atom stereocenters. The minimum absolute atomic E-state index is 0.0247. The third kappa shape index (κ3) is 4.94. The third-order valence-electron chi connectivity index (χ3n) is 6.04. The second-order valence-corrected chi connectivity index (χ2v) is 8.33. The predicted molar refractivity (Wildman–Crippen MR) is 126 cm³/mol. The van der Waals surface area contributed by atoms with Crippen LogP contribution in [0.1, 0.15) is 35.7 Å². The molecule has 2 atom stereocenters. The Morgan fingerprint density at radius 1 is 1.09 bits per heavy atom. The zero-order valence-electron chi connectivity index (χ0n) is 18.1. The Morgan fingerprint density at radius 3 is 2.56 bits per heavy atom. The summed E-state index contributed by atoms with van der Waals surface area (Å²) in [5, 5.41) is 12.2. The molecule has 0 spiro atoms. The van der Waals surface area contributed by atoms with Crippen LogP contribution in [0.25, 0.3) is 0 Å². The molecule has 0 aliphatic carbocycles. The molecule has 1 saturated heterocycles. The SMILES string of the molecule is CC1N=CC(c2cccc(C(=O)N3CCC(CO)CC3)c2)=NC1C(=O)Nc1ccccc1. The Hall–Kier alpha value is -3.32. The quantitative estimate of drug-likeness (QED) is 0.761. The van der Waals surface area contributed by atoms with Crippen LogP contribution in [0, 0.1) is 5.92 Å². The van der Waals surface area contributed by atoms with Crippen LogP contribution in [0.15, 0.2) is 64.6 Å². The molecule has 1 fully saturated rings. The number of rotatable bonds is 5. The Bertz CT molecular complexity index is 1030. The molecule has 2 heterocycles. The third-order valence-corrected chi connectivity index (χ3v) is 6.04. The zero-order chi connectivity index (χ0) is 22.5. The van der Waals surface area contributed by atoms with Crippen LogP contribution in [-0.2, 0) is 4.79 Å². The normalized spacial score (nSPS) is 21.2. The topological polar surface area (TPSA) is 94.4 Å². The van der Waals surface area contributed by atoms with Gasteiger partial charge >= 0.3 is 0 Å². The first kappa shape index (κ1) is 21.9. The number of hydrogen-bond acceptors (Lipinski definition) is 5. The van der Waals surface area contributed by atoms with E-state index in [9.17, 15) is 14.7 Å². The van der Waals surface area contributed by atoms with E-state index in [-0.39, 0.29) is 30.4 Å². The molecule has 2 amide bonds. The molecule has 0 bridgehead atoms. The number of aliphatic hydroxyl groups excluding tert-OH is 1. The van der Waals surface area contributed by atoms with E-state index >= 15 is 0 Å². The van der Waals surface area contributed by atoms with Crippen LogP contribution < -0.4 is 5.32 Å². The summed E-state index contributed by atoms with van der Waals surface area (Å²) in [6.45, 7) is 3.34. The van der Waals surface area contributed by atoms with Crippen molar-refractivity contribution < 1.29 is 14.7 Å². The summed E-state index contributed by atoms with van der Waals surface area (Å²) < 4.78 is 0. The number of aliphatic imine (C=N–C) groups is 2. The number of aliphatic hydroxyl groups is 1. The van der Waals surface area contributed by atoms with Gasteiger partial charge in [0, 0.05) is 42.7 Å². The number of benzene rings is 2. The number of carbonyl (C=O) groups excluding carboxylic acids is 2. The monoisotopic (exact) mass is 432 g/mol. The van der Waals surface area contributed by atoms with Crippen molar-refractivity contribution in [2.24, 2.45) is 15.9 Å². The molecule has 7 heteroatoms. The summed E-state index contributed by atoms with van der Waals surface area (Å²) in [6, 6.07) is 15.7. The highest BCUT2D eigenvalue weighted by Gasteiger charge is 2.28. The molecule has 2 aromatic carbocycles. The fourth-order valence-corrected chi connectivity index (χ4v) is 4.04. The van der Waals surface area contributed by atoms with E-state index < -0.39 is 6.04 Å². The number of likely N-dealkylation sites (tertiary alicyclic amines) is 1. The molecule has 7 nitrogen and oxygen atoms in total. The summed E-state index contributed by atoms with van der Waals surface area (Å²) in [7, 11) is 0. The maximum atomic E-state index is 13.0. The Kier molecular flexibility index (Phi) is 6.75. The minimum Gasteiger partial charge on any atom is -0.396 e. The van der Waals surface area contributed by atoms with Crippen LogP contribution in [0.5, 0.6) is 0 Å². The van der Waals surface area contributed by atoms with Gasteiger partial charge in [0.25, 0.3) is 11.8 Å². The molecule has 2 aromatic rings. The second kappa shape index (κ2) is 9.87. The molecular formula is C25H28N4O3. The van der Waals surface area contributed by atoms with Gasteiger partial charge in [-0.2, -0.15) is 0 Å². The summed E-state index contributed by atoms with van der Waals surface area (Å²) in [5.41, 5.74) is 2.65. The van der Waals surface area contributed by atoms with Crippen molar-refractivity contribution in [3.8, 4) is 0 Å². The highest BCUT2D eigenvalue weighted by Crippen LogP contribution is 2.20. The number of piperidine rings is 1. The van der Waals surface area contributed by atoms with Gasteiger partial charge in [0.05, 0.1) is 11.8 Å². The number of hydrogen-bond donors (Lipinski definition) is 2. The molecule has 0 radical (unpaired) electrons. The molecular weight excluding hydrogens is 404 g/mol. The summed E-state index contributed by atoms with van der Waals surface area (Å²) in [6.07, 6.45) is 3.31. The lowest BCUT2D eigenvalue weighted by molar-refractivity contribution is -0.117. The van der Waals surface area contributed by atoms with E-state index in [1.54, 1.807) is 12.3 Å². The fraction of sp³-hybridized carbons (Fsp3) is 0.360. The predicted octanol–water partition coefficient (Wildman–Crippen LogP) is 2.80. The molecule has 0 saturated carbocycles. The average Bonchev–Trinajstić information content (AvgIpc) is 2.84. The molecule has 0 aromatic heterocycles. The van der Waals surface area contributed by atoms with Crippen LogP contribution in [0.3, 0.4) is 0 Å². The lowest BCUT2D eigenvalue weighted by Gasteiger charge is -2.31. The van der Waals surface area contributed by atoms with Crippen molar-refractivity contribution in [2.75, 3.05) is 25.0 Å². The number of amides is 2. The first-order valence-corrected chi connectivity index (χ1v) is 11.0. The van der Waals surface area contributed by atoms with Crippen molar-refractivity contribution in [1.29, 1.82) is 0 Å². The van der Waals surface area contributed by atoms with Gasteiger partial charge in [-0.05, 0) is 49.9 Å². The summed E-state index contributed by atoms with van der Waals surface area (Å²) in [4.78, 5) is 36.8. The molecule has 4 rings (SSSR count). The van der Waals surface area contributed by atoms with Crippen LogP contribution in [-0.4, -0.2) is 65.5 Å². The molecule has 2 aliphatic rings. The highest BCUT2D eigenvalue weighted by atomic mass is 16.3. The number of nitrogens with one attached hydrogen (secondary N) is 1. The molecule has 32 heavy (non-hydrogen) atoms. The van der Waals surface area contributed by atoms with Gasteiger partial charge in [-0.15, -0.1) is 0 Å². The smallest absolute Gasteiger partial charge is 0.253 e. The van der Waals surface area contributed by atoms with Gasteiger partial charge in [0.1, 0.15) is 0 Å². The van der Waals surface area contributed by atoms with Gasteiger partial charge in [0.15, 0.2) is 6.04 Å². The van der Waals surface area contributed by atoms with E-state index in [0.717, 1.165) is 18.4 Å². The van der Waals surface area contributed by atoms with Gasteiger partial charge < -0.3 is 15.3 Å². The van der Waals surface area contributed by atoms with E-state index in [1.165, 1.54) is 0 Å². The standard InChI is InChI=1S/C25H28N4O3/c1-17-23(24(31)27-21-8-3-2-4-9-21)28-22(15-26-17)19-6-5-7-20(14-19)25(32)29-12-10-18(16-30)11-13-29/h2-9,14-15,17-18,23,30H,10-13,16H2,1H3,(H,27,31). The first-order chi connectivity index (χ1) is 15.5. The Labute approximate surface area is 187 Å². The highest BCUT2D eigenvalue weighted by molar-refractivity contribution is 6.39. The van der Waals surface area contributed by atoms with Crippen molar-refractivity contribution >= 4 is 29.4 Å². The minimum atomic E-state index is -0.646. The maximum absolute atomic E-state index is 13.0. The van der Waals surface area contributed by atoms with Gasteiger partial charge in [-0.25, -0.2) is 0 Å². The number of nitrogens with zero attached hydrogens (tertiary/aromatic N) is 3. The van der Waals surface area contributed by atoms with Gasteiger partial charge in [-0.1, -0.05) is 30.3 Å². The lowest BCUT2D eigenvalue weighted by Crippen LogP contribution is -2.39. The van der Waals surface area contributed by atoms with Gasteiger partial charge in [-0.3, -0.25) is 19.6 Å². The molecule has 166 valence electrons. The van der Waals surface area contributed by atoms with Crippen molar-refractivity contribution in [1.82, 2.24) is 4.90 Å². The van der Waals surface area contributed by atoms with E-state index in [2.05, 4.69) is 15.3 Å². The van der Waals surface area contributed by atoms with Crippen molar-refractivity contribution in [2.45, 2.75) is 31.8 Å². The van der Waals surface area contributed by atoms with Crippen molar-refractivity contribution in [3.63, 3.8) is 0 Å². The number of para-hydroxylation sites is 1. The average molecular weight is 433 g/mol. The summed E-state index contributed by atoms with van der Waals surface area (Å²) >= 11 is 0. The molecule has 2 N–H and O–H groups in total. The second-order valence-electron chi connectivity index (χ2n) is 8.33.